The van der Waals surface area contributed by atoms with E-state index in [0.717, 1.165) is 11.3 Å². The lowest BCUT2D eigenvalue weighted by atomic mass is 9.84. The van der Waals surface area contributed by atoms with Gasteiger partial charge < -0.3 is 15.2 Å². The van der Waals surface area contributed by atoms with Gasteiger partial charge in [0.05, 0.1) is 12.7 Å². The van der Waals surface area contributed by atoms with Gasteiger partial charge in [-0.1, -0.05) is 38.1 Å². The number of carbonyl (C=O) groups is 2. The van der Waals surface area contributed by atoms with Crippen LogP contribution in [-0.4, -0.2) is 35.9 Å². The molecule has 144 valence electrons. The lowest BCUT2D eigenvalue weighted by Gasteiger charge is -2.26. The van der Waals surface area contributed by atoms with Gasteiger partial charge in [-0.15, -0.1) is 11.8 Å². The van der Waals surface area contributed by atoms with E-state index >= 15 is 0 Å². The topological polar surface area (TPSA) is 75.6 Å². The number of carboxylic acid groups (broad SMARTS) is 1. The van der Waals surface area contributed by atoms with Crippen LogP contribution in [0.1, 0.15) is 36.7 Å². The summed E-state index contributed by atoms with van der Waals surface area (Å²) < 4.78 is 5.19. The van der Waals surface area contributed by atoms with Crippen molar-refractivity contribution in [2.24, 2.45) is 0 Å². The molecule has 2 N–H and O–H groups in total. The van der Waals surface area contributed by atoms with Gasteiger partial charge in [0.2, 0.25) is 0 Å². The minimum absolute atomic E-state index is 0.211. The molecule has 5 nitrogen and oxygen atoms in total. The molecule has 0 aromatic heterocycles. The second-order valence-corrected chi connectivity index (χ2v) is 8.27. The molecule has 0 aliphatic heterocycles. The van der Waals surface area contributed by atoms with Gasteiger partial charge in [-0.05, 0) is 36.8 Å². The molecule has 6 heteroatoms. The molecular weight excluding hydrogens is 362 g/mol. The summed E-state index contributed by atoms with van der Waals surface area (Å²) in [5.74, 6) is -0.329. The molecule has 0 bridgehead atoms. The van der Waals surface area contributed by atoms with E-state index in [-0.39, 0.29) is 11.3 Å². The SMILES string of the molecule is COc1ccc(C(C)(C)CNC(=O)c2ccccc2SC(C)C(=O)O)cc1. The van der Waals surface area contributed by atoms with Gasteiger partial charge in [0.1, 0.15) is 11.0 Å². The Morgan fingerprint density at radius 1 is 1.15 bits per heavy atom. The zero-order valence-corrected chi connectivity index (χ0v) is 16.8. The molecule has 0 saturated heterocycles. The summed E-state index contributed by atoms with van der Waals surface area (Å²) in [6.45, 7) is 6.17. The van der Waals surface area contributed by atoms with E-state index in [1.165, 1.54) is 11.8 Å². The Labute approximate surface area is 164 Å². The highest BCUT2D eigenvalue weighted by Gasteiger charge is 2.23. The Morgan fingerprint density at radius 3 is 2.37 bits per heavy atom. The molecule has 2 rings (SSSR count). The molecule has 0 aliphatic rings. The Morgan fingerprint density at radius 2 is 1.78 bits per heavy atom. The molecule has 1 atom stereocenters. The van der Waals surface area contributed by atoms with Crippen molar-refractivity contribution in [2.45, 2.75) is 36.3 Å². The van der Waals surface area contributed by atoms with Crippen LogP contribution in [0.3, 0.4) is 0 Å². The van der Waals surface area contributed by atoms with E-state index in [2.05, 4.69) is 19.2 Å². The summed E-state index contributed by atoms with van der Waals surface area (Å²) in [5.41, 5.74) is 1.31. The maximum absolute atomic E-state index is 12.7. The van der Waals surface area contributed by atoms with E-state index < -0.39 is 11.2 Å². The van der Waals surface area contributed by atoms with Gasteiger partial charge in [0.25, 0.3) is 5.91 Å². The molecule has 27 heavy (non-hydrogen) atoms. The first-order valence-electron chi connectivity index (χ1n) is 8.66. The maximum atomic E-state index is 12.7. The summed E-state index contributed by atoms with van der Waals surface area (Å²) in [4.78, 5) is 24.5. The predicted octanol–water partition coefficient (Wildman–Crippen LogP) is 3.97. The highest BCUT2D eigenvalue weighted by molar-refractivity contribution is 8.00. The van der Waals surface area contributed by atoms with Gasteiger partial charge in [-0.25, -0.2) is 0 Å². The molecule has 0 fully saturated rings. The summed E-state index contributed by atoms with van der Waals surface area (Å²) in [6.07, 6.45) is 0. The lowest BCUT2D eigenvalue weighted by Crippen LogP contribution is -2.36. The van der Waals surface area contributed by atoms with Crippen LogP contribution in [0.5, 0.6) is 5.75 Å². The number of benzene rings is 2. The van der Waals surface area contributed by atoms with Crippen molar-refractivity contribution in [3.05, 3.63) is 59.7 Å². The van der Waals surface area contributed by atoms with Crippen molar-refractivity contribution < 1.29 is 19.4 Å². The summed E-state index contributed by atoms with van der Waals surface area (Å²) in [6, 6.07) is 14.8. The van der Waals surface area contributed by atoms with E-state index in [9.17, 15) is 9.59 Å². The van der Waals surface area contributed by atoms with E-state index in [0.29, 0.717) is 17.0 Å². The number of rotatable bonds is 8. The zero-order chi connectivity index (χ0) is 20.0. The highest BCUT2D eigenvalue weighted by Crippen LogP contribution is 2.28. The fourth-order valence-corrected chi connectivity index (χ4v) is 3.47. The van der Waals surface area contributed by atoms with Crippen molar-refractivity contribution >= 4 is 23.6 Å². The molecule has 0 heterocycles. The maximum Gasteiger partial charge on any atom is 0.316 e. The number of nitrogens with one attached hydrogen (secondary N) is 1. The van der Waals surface area contributed by atoms with Gasteiger partial charge in [-0.2, -0.15) is 0 Å². The quantitative estimate of drug-likeness (QED) is 0.671. The predicted molar refractivity (Wildman–Crippen MR) is 108 cm³/mol. The van der Waals surface area contributed by atoms with E-state index in [1.807, 2.05) is 24.3 Å². The Kier molecular flexibility index (Phi) is 6.91. The Hall–Kier alpha value is -2.47. The molecule has 2 aromatic rings. The van der Waals surface area contributed by atoms with E-state index in [4.69, 9.17) is 9.84 Å². The van der Waals surface area contributed by atoms with Crippen LogP contribution in [-0.2, 0) is 10.2 Å². The Bertz CT molecular complexity index is 802. The molecular formula is C21H25NO4S. The largest absolute Gasteiger partial charge is 0.497 e. The van der Waals surface area contributed by atoms with Crippen molar-refractivity contribution in [2.75, 3.05) is 13.7 Å². The molecule has 0 saturated carbocycles. The number of hydrogen-bond acceptors (Lipinski definition) is 4. The fourth-order valence-electron chi connectivity index (χ4n) is 2.54. The second kappa shape index (κ2) is 8.95. The lowest BCUT2D eigenvalue weighted by molar-refractivity contribution is -0.136. The van der Waals surface area contributed by atoms with Gasteiger partial charge in [0.15, 0.2) is 0 Å². The minimum Gasteiger partial charge on any atom is -0.497 e. The van der Waals surface area contributed by atoms with Gasteiger partial charge in [-0.3, -0.25) is 9.59 Å². The van der Waals surface area contributed by atoms with Crippen molar-refractivity contribution in [1.82, 2.24) is 5.32 Å². The summed E-state index contributed by atoms with van der Waals surface area (Å²) in [5, 5.41) is 11.5. The number of amides is 1. The van der Waals surface area contributed by atoms with Crippen molar-refractivity contribution in [3.8, 4) is 5.75 Å². The number of carbonyl (C=O) groups excluding carboxylic acids is 1. The van der Waals surface area contributed by atoms with Gasteiger partial charge >= 0.3 is 5.97 Å². The summed E-state index contributed by atoms with van der Waals surface area (Å²) >= 11 is 1.17. The van der Waals surface area contributed by atoms with Crippen LogP contribution >= 0.6 is 11.8 Å². The molecule has 0 radical (unpaired) electrons. The van der Waals surface area contributed by atoms with Crippen LogP contribution in [0.2, 0.25) is 0 Å². The van der Waals surface area contributed by atoms with Crippen LogP contribution in [0.15, 0.2) is 53.4 Å². The number of ether oxygens (including phenoxy) is 1. The monoisotopic (exact) mass is 387 g/mol. The Balaban J connectivity index is 2.09. The van der Waals surface area contributed by atoms with Crippen LogP contribution < -0.4 is 10.1 Å². The standard InChI is InChI=1S/C21H25NO4S/c1-14(20(24)25)27-18-8-6-5-7-17(18)19(23)22-13-21(2,3)15-9-11-16(26-4)12-10-15/h5-12,14H,13H2,1-4H3,(H,22,23)(H,24,25). The molecule has 1 amide bonds. The first-order chi connectivity index (χ1) is 12.7. The molecule has 1 unspecified atom stereocenters. The smallest absolute Gasteiger partial charge is 0.316 e. The van der Waals surface area contributed by atoms with E-state index in [1.54, 1.807) is 38.3 Å². The number of hydrogen-bond donors (Lipinski definition) is 2. The number of carboxylic acids is 1. The first kappa shape index (κ1) is 20.8. The molecule has 2 aromatic carbocycles. The van der Waals surface area contributed by atoms with Crippen LogP contribution in [0, 0.1) is 0 Å². The minimum atomic E-state index is -0.907. The second-order valence-electron chi connectivity index (χ2n) is 6.89. The van der Waals surface area contributed by atoms with Gasteiger partial charge in [0, 0.05) is 16.9 Å². The number of thioether (sulfide) groups is 1. The zero-order valence-electron chi connectivity index (χ0n) is 16.0. The fraction of sp³-hybridized carbons (Fsp3) is 0.333. The number of methoxy groups -OCH3 is 1. The normalized spacial score (nSPS) is 12.3. The molecule has 0 spiro atoms. The third-order valence-electron chi connectivity index (χ3n) is 4.35. The summed E-state index contributed by atoms with van der Waals surface area (Å²) in [7, 11) is 1.63. The average Bonchev–Trinajstić information content (AvgIpc) is 2.66. The van der Waals surface area contributed by atoms with Crippen molar-refractivity contribution in [1.29, 1.82) is 0 Å². The van der Waals surface area contributed by atoms with Crippen LogP contribution in [0.25, 0.3) is 0 Å². The molecule has 0 aliphatic carbocycles. The van der Waals surface area contributed by atoms with Crippen LogP contribution in [0.4, 0.5) is 0 Å². The third-order valence-corrected chi connectivity index (χ3v) is 5.51. The highest BCUT2D eigenvalue weighted by atomic mass is 32.2. The third kappa shape index (κ3) is 5.50. The first-order valence-corrected chi connectivity index (χ1v) is 9.54. The number of aliphatic carboxylic acids is 1. The van der Waals surface area contributed by atoms with Crippen molar-refractivity contribution in [3.63, 3.8) is 0 Å². The average molecular weight is 388 g/mol.